The number of benzene rings is 3. The summed E-state index contributed by atoms with van der Waals surface area (Å²) in [5.74, 6) is -0.594. The van der Waals surface area contributed by atoms with Crippen molar-refractivity contribution in [1.82, 2.24) is 14.5 Å². The third kappa shape index (κ3) is 6.51. The van der Waals surface area contributed by atoms with E-state index in [2.05, 4.69) is 5.32 Å². The van der Waals surface area contributed by atoms with Crippen LogP contribution in [0.2, 0.25) is 5.02 Å². The average Bonchev–Trinajstić information content (AvgIpc) is 2.90. The molecule has 7 nitrogen and oxygen atoms in total. The van der Waals surface area contributed by atoms with E-state index in [-0.39, 0.29) is 24.2 Å². The van der Waals surface area contributed by atoms with E-state index >= 15 is 4.39 Å². The number of hydrogen-bond donors (Lipinski definition) is 1. The zero-order chi connectivity index (χ0) is 29.0. The number of nitrogens with one attached hydrogen (secondary N) is 1. The van der Waals surface area contributed by atoms with Crippen LogP contribution in [-0.4, -0.2) is 20.8 Å². The minimum atomic E-state index is -0.800. The Hall–Kier alpha value is -4.17. The molecule has 1 atom stereocenters. The molecule has 9 heteroatoms. The van der Waals surface area contributed by atoms with Gasteiger partial charge in [-0.15, -0.1) is 0 Å². The number of carbonyl (C=O) groups is 1. The lowest BCUT2D eigenvalue weighted by atomic mass is 10.0. The van der Waals surface area contributed by atoms with E-state index in [9.17, 15) is 14.4 Å². The van der Waals surface area contributed by atoms with Crippen molar-refractivity contribution in [3.8, 4) is 11.1 Å². The summed E-state index contributed by atoms with van der Waals surface area (Å²) in [5.41, 5.74) is -0.309. The summed E-state index contributed by atoms with van der Waals surface area (Å²) >= 11 is 6.40. The largest absolute Gasteiger partial charge is 0.444 e. The van der Waals surface area contributed by atoms with Crippen LogP contribution in [0, 0.1) is 12.7 Å². The molecule has 3 aromatic carbocycles. The molecule has 1 heterocycles. The number of aromatic nitrogens is 2. The Morgan fingerprint density at radius 3 is 2.23 bits per heavy atom. The van der Waals surface area contributed by atoms with Crippen molar-refractivity contribution in [3.63, 3.8) is 0 Å². The van der Waals surface area contributed by atoms with E-state index < -0.39 is 34.8 Å². The third-order valence-corrected chi connectivity index (χ3v) is 6.74. The highest BCUT2D eigenvalue weighted by molar-refractivity contribution is 6.31. The first-order valence-corrected chi connectivity index (χ1v) is 13.2. The molecule has 0 aliphatic rings. The normalized spacial score (nSPS) is 12.2. The predicted molar refractivity (Wildman–Crippen MR) is 154 cm³/mol. The van der Waals surface area contributed by atoms with Gasteiger partial charge in [0.05, 0.1) is 24.7 Å². The van der Waals surface area contributed by atoms with E-state index in [1.807, 2.05) is 6.07 Å². The van der Waals surface area contributed by atoms with Crippen LogP contribution in [0.5, 0.6) is 0 Å². The van der Waals surface area contributed by atoms with Crippen molar-refractivity contribution < 1.29 is 13.9 Å². The average molecular weight is 564 g/mol. The fourth-order valence-electron chi connectivity index (χ4n) is 4.47. The van der Waals surface area contributed by atoms with E-state index in [0.717, 1.165) is 4.57 Å². The Labute approximate surface area is 236 Å². The lowest BCUT2D eigenvalue weighted by molar-refractivity contribution is 0.0497. The first-order valence-electron chi connectivity index (χ1n) is 12.8. The van der Waals surface area contributed by atoms with Gasteiger partial charge >= 0.3 is 11.8 Å². The molecule has 1 amide bonds. The smallest absolute Gasteiger partial charge is 0.408 e. The first-order chi connectivity index (χ1) is 19.0. The maximum Gasteiger partial charge on any atom is 0.408 e. The predicted octanol–water partition coefficient (Wildman–Crippen LogP) is 6.09. The van der Waals surface area contributed by atoms with Crippen LogP contribution < -0.4 is 16.6 Å². The Morgan fingerprint density at radius 2 is 1.57 bits per heavy atom. The number of alkyl carbamates (subject to hydrolysis) is 1. The molecular weight excluding hydrogens is 533 g/mol. The van der Waals surface area contributed by atoms with Crippen LogP contribution in [0.15, 0.2) is 88.5 Å². The van der Waals surface area contributed by atoms with Crippen LogP contribution in [0.4, 0.5) is 9.18 Å². The number of rotatable bonds is 7. The van der Waals surface area contributed by atoms with Crippen LogP contribution in [0.3, 0.4) is 0 Å². The molecule has 40 heavy (non-hydrogen) atoms. The SMILES string of the molecule is Cc1c(-c2ccccc2F)c(=O)n(C[C@H](NC(=O)OC(C)(C)C)c2ccccc2)c(=O)n1Cc1ccccc1Cl. The molecular formula is C31H31ClFN3O4. The molecule has 0 unspecified atom stereocenters. The number of ether oxygens (including phenoxy) is 1. The molecule has 0 radical (unpaired) electrons. The topological polar surface area (TPSA) is 82.3 Å². The Kier molecular flexibility index (Phi) is 8.59. The Morgan fingerprint density at radius 1 is 0.950 bits per heavy atom. The minimum Gasteiger partial charge on any atom is -0.444 e. The summed E-state index contributed by atoms with van der Waals surface area (Å²) in [6.07, 6.45) is -0.702. The Balaban J connectivity index is 1.90. The van der Waals surface area contributed by atoms with Crippen LogP contribution >= 0.6 is 11.6 Å². The van der Waals surface area contributed by atoms with Gasteiger partial charge in [0, 0.05) is 16.3 Å². The number of nitrogens with zero attached hydrogens (tertiary/aromatic N) is 2. The van der Waals surface area contributed by atoms with Crippen molar-refractivity contribution in [2.75, 3.05) is 0 Å². The van der Waals surface area contributed by atoms with E-state index in [1.54, 1.807) is 82.3 Å². The molecule has 1 aromatic heterocycles. The molecule has 0 fully saturated rings. The fraction of sp³-hybridized carbons (Fsp3) is 0.258. The van der Waals surface area contributed by atoms with E-state index in [4.69, 9.17) is 16.3 Å². The standard InChI is InChI=1S/C31H31ClFN3O4/c1-20-27(23-15-9-11-17-25(23)33)28(37)36(30(39)35(20)18-22-14-8-10-16-24(22)32)19-26(21-12-6-5-7-13-21)34-29(38)40-31(2,3)4/h5-17,26H,18-19H2,1-4H3,(H,34,38)/t26-/m0/s1. The highest BCUT2D eigenvalue weighted by atomic mass is 35.5. The van der Waals surface area contributed by atoms with Crippen LogP contribution in [0.1, 0.15) is 43.6 Å². The second kappa shape index (κ2) is 11.9. The number of hydrogen-bond acceptors (Lipinski definition) is 4. The van der Waals surface area contributed by atoms with Gasteiger partial charge in [-0.3, -0.25) is 13.9 Å². The van der Waals surface area contributed by atoms with Crippen LogP contribution in [0.25, 0.3) is 11.1 Å². The van der Waals surface area contributed by atoms with Gasteiger partial charge in [0.1, 0.15) is 11.4 Å². The highest BCUT2D eigenvalue weighted by Crippen LogP contribution is 2.24. The second-order valence-corrected chi connectivity index (χ2v) is 10.8. The summed E-state index contributed by atoms with van der Waals surface area (Å²) in [6.45, 7) is 6.67. The van der Waals surface area contributed by atoms with E-state index in [0.29, 0.717) is 21.8 Å². The molecule has 208 valence electrons. The molecule has 0 aliphatic carbocycles. The summed E-state index contributed by atoms with van der Waals surface area (Å²) < 4.78 is 22.9. The summed E-state index contributed by atoms with van der Waals surface area (Å²) in [7, 11) is 0. The molecule has 0 bridgehead atoms. The van der Waals surface area contributed by atoms with Gasteiger partial charge in [-0.2, -0.15) is 0 Å². The lowest BCUT2D eigenvalue weighted by Crippen LogP contribution is -2.46. The Bertz CT molecular complexity index is 1640. The number of carbonyl (C=O) groups excluding carboxylic acids is 1. The third-order valence-electron chi connectivity index (χ3n) is 6.38. The van der Waals surface area contributed by atoms with Crippen molar-refractivity contribution in [2.24, 2.45) is 0 Å². The first kappa shape index (κ1) is 28.8. The lowest BCUT2D eigenvalue weighted by Gasteiger charge is -2.25. The fourth-order valence-corrected chi connectivity index (χ4v) is 4.67. The van der Waals surface area contributed by atoms with Gasteiger partial charge in [-0.1, -0.05) is 78.3 Å². The summed E-state index contributed by atoms with van der Waals surface area (Å²) in [6, 6.07) is 21.1. The molecule has 0 spiro atoms. The monoisotopic (exact) mass is 563 g/mol. The summed E-state index contributed by atoms with van der Waals surface area (Å²) in [4.78, 5) is 40.6. The van der Waals surface area contributed by atoms with Gasteiger partial charge in [0.2, 0.25) is 0 Å². The molecule has 1 N–H and O–H groups in total. The van der Waals surface area contributed by atoms with Crippen molar-refractivity contribution in [1.29, 1.82) is 0 Å². The van der Waals surface area contributed by atoms with Gasteiger partial charge in [-0.05, 0) is 51.0 Å². The molecule has 0 aliphatic heterocycles. The maximum atomic E-state index is 15.0. The van der Waals surface area contributed by atoms with Gasteiger partial charge in [-0.25, -0.2) is 14.0 Å². The van der Waals surface area contributed by atoms with Gasteiger partial charge in [0.25, 0.3) is 5.56 Å². The zero-order valence-corrected chi connectivity index (χ0v) is 23.5. The minimum absolute atomic E-state index is 0.0498. The molecule has 4 aromatic rings. The van der Waals surface area contributed by atoms with E-state index in [1.165, 1.54) is 22.8 Å². The number of halogens is 2. The van der Waals surface area contributed by atoms with Gasteiger partial charge in [0.15, 0.2) is 0 Å². The van der Waals surface area contributed by atoms with Crippen LogP contribution in [-0.2, 0) is 17.8 Å². The second-order valence-electron chi connectivity index (χ2n) is 10.4. The highest BCUT2D eigenvalue weighted by Gasteiger charge is 2.25. The molecule has 0 saturated carbocycles. The summed E-state index contributed by atoms with van der Waals surface area (Å²) in [5, 5.41) is 3.24. The number of amides is 1. The van der Waals surface area contributed by atoms with Gasteiger partial charge < -0.3 is 10.1 Å². The molecule has 0 saturated heterocycles. The zero-order valence-electron chi connectivity index (χ0n) is 22.8. The maximum absolute atomic E-state index is 15.0. The van der Waals surface area contributed by atoms with Crippen molar-refractivity contribution >= 4 is 17.7 Å². The quantitative estimate of drug-likeness (QED) is 0.295. The molecule has 4 rings (SSSR count). The van der Waals surface area contributed by atoms with Crippen molar-refractivity contribution in [3.05, 3.63) is 127 Å². The van der Waals surface area contributed by atoms with Crippen molar-refractivity contribution in [2.45, 2.75) is 52.4 Å².